The molecule has 3 rings (SSSR count). The molecule has 0 fully saturated rings. The number of fused-ring (bicyclic) bond motifs is 1. The summed E-state index contributed by atoms with van der Waals surface area (Å²) >= 11 is 3.39. The molecule has 0 aliphatic heterocycles. The molecule has 3 aromatic heterocycles. The van der Waals surface area contributed by atoms with Gasteiger partial charge >= 0.3 is 0 Å². The first-order chi connectivity index (χ1) is 8.25. The van der Waals surface area contributed by atoms with Gasteiger partial charge in [-0.05, 0) is 34.1 Å². The molecule has 1 N–H and O–H groups in total. The lowest BCUT2D eigenvalue weighted by atomic mass is 10.2. The third-order valence-electron chi connectivity index (χ3n) is 2.52. The number of imidazole rings is 1. The minimum absolute atomic E-state index is 0.222. The number of nitrogens with zero attached hydrogens (tertiary/aromatic N) is 3. The van der Waals surface area contributed by atoms with Crippen molar-refractivity contribution in [2.45, 2.75) is 0 Å². The zero-order chi connectivity index (χ0) is 11.8. The molecule has 0 aromatic carbocycles. The van der Waals surface area contributed by atoms with Gasteiger partial charge in [0.2, 0.25) is 0 Å². The normalized spacial score (nSPS) is 10.9. The summed E-state index contributed by atoms with van der Waals surface area (Å²) in [6.07, 6.45) is 5.24. The van der Waals surface area contributed by atoms with E-state index in [0.717, 1.165) is 16.9 Å². The second-order valence-electron chi connectivity index (χ2n) is 3.60. The SMILES string of the molecule is Oc1ccn2c(-c3ccncc3)nc(Br)c2c1. The highest BCUT2D eigenvalue weighted by Gasteiger charge is 2.10. The molecule has 0 radical (unpaired) electrons. The van der Waals surface area contributed by atoms with Crippen LogP contribution in [0.15, 0.2) is 47.5 Å². The van der Waals surface area contributed by atoms with Gasteiger partial charge in [-0.15, -0.1) is 0 Å². The number of hydrogen-bond acceptors (Lipinski definition) is 3. The van der Waals surface area contributed by atoms with Gasteiger partial charge in [0, 0.05) is 30.2 Å². The van der Waals surface area contributed by atoms with E-state index in [2.05, 4.69) is 25.9 Å². The van der Waals surface area contributed by atoms with E-state index in [0.29, 0.717) is 4.60 Å². The fraction of sp³-hybridized carbons (Fsp3) is 0. The quantitative estimate of drug-likeness (QED) is 0.749. The number of pyridine rings is 2. The van der Waals surface area contributed by atoms with E-state index < -0.39 is 0 Å². The minimum Gasteiger partial charge on any atom is -0.508 e. The van der Waals surface area contributed by atoms with Gasteiger partial charge in [0.25, 0.3) is 0 Å². The molecule has 0 saturated carbocycles. The van der Waals surface area contributed by atoms with Crippen LogP contribution in [0.1, 0.15) is 0 Å². The Balaban J connectivity index is 2.32. The summed E-state index contributed by atoms with van der Waals surface area (Å²) in [5, 5.41) is 9.46. The van der Waals surface area contributed by atoms with Crippen molar-refractivity contribution in [3.05, 3.63) is 47.5 Å². The molecule has 0 aliphatic rings. The summed E-state index contributed by atoms with van der Waals surface area (Å²) in [5.41, 5.74) is 1.81. The van der Waals surface area contributed by atoms with Crippen LogP contribution in [-0.2, 0) is 0 Å². The van der Waals surface area contributed by atoms with Crippen LogP contribution in [0.4, 0.5) is 0 Å². The fourth-order valence-electron chi connectivity index (χ4n) is 1.74. The first-order valence-corrected chi connectivity index (χ1v) is 5.82. The largest absolute Gasteiger partial charge is 0.508 e. The van der Waals surface area contributed by atoms with Crippen LogP contribution in [0.5, 0.6) is 5.75 Å². The summed E-state index contributed by atoms with van der Waals surface area (Å²) in [7, 11) is 0. The van der Waals surface area contributed by atoms with Crippen LogP contribution in [0.3, 0.4) is 0 Å². The highest BCUT2D eigenvalue weighted by Crippen LogP contribution is 2.27. The summed E-state index contributed by atoms with van der Waals surface area (Å²) in [6, 6.07) is 7.09. The van der Waals surface area contributed by atoms with Crippen LogP contribution in [0, 0.1) is 0 Å². The molecule has 17 heavy (non-hydrogen) atoms. The van der Waals surface area contributed by atoms with E-state index in [1.165, 1.54) is 0 Å². The van der Waals surface area contributed by atoms with Gasteiger partial charge in [-0.2, -0.15) is 0 Å². The van der Waals surface area contributed by atoms with Crippen molar-refractivity contribution < 1.29 is 5.11 Å². The maximum atomic E-state index is 9.46. The second-order valence-corrected chi connectivity index (χ2v) is 4.35. The average molecular weight is 290 g/mol. The van der Waals surface area contributed by atoms with Crippen LogP contribution in [0.2, 0.25) is 0 Å². The first-order valence-electron chi connectivity index (χ1n) is 5.02. The van der Waals surface area contributed by atoms with Crippen molar-refractivity contribution in [1.29, 1.82) is 0 Å². The number of rotatable bonds is 1. The minimum atomic E-state index is 0.222. The lowest BCUT2D eigenvalue weighted by Crippen LogP contribution is -1.88. The number of aromatic hydroxyl groups is 1. The Hall–Kier alpha value is -1.88. The van der Waals surface area contributed by atoms with E-state index in [9.17, 15) is 5.11 Å². The highest BCUT2D eigenvalue weighted by atomic mass is 79.9. The number of aromatic nitrogens is 3. The average Bonchev–Trinajstić information content (AvgIpc) is 2.68. The van der Waals surface area contributed by atoms with Crippen molar-refractivity contribution in [2.75, 3.05) is 0 Å². The molecule has 0 unspecified atom stereocenters. The Morgan fingerprint density at radius 2 is 1.94 bits per heavy atom. The third-order valence-corrected chi connectivity index (χ3v) is 3.10. The Morgan fingerprint density at radius 1 is 1.18 bits per heavy atom. The van der Waals surface area contributed by atoms with Crippen molar-refractivity contribution >= 4 is 21.4 Å². The summed E-state index contributed by atoms with van der Waals surface area (Å²) in [6.45, 7) is 0. The lowest BCUT2D eigenvalue weighted by molar-refractivity contribution is 0.475. The molecular weight excluding hydrogens is 282 g/mol. The summed E-state index contributed by atoms with van der Waals surface area (Å²) in [4.78, 5) is 8.42. The second kappa shape index (κ2) is 3.85. The van der Waals surface area contributed by atoms with E-state index in [1.807, 2.05) is 16.5 Å². The zero-order valence-corrected chi connectivity index (χ0v) is 10.3. The van der Waals surface area contributed by atoms with Crippen LogP contribution in [0.25, 0.3) is 16.9 Å². The molecule has 0 saturated heterocycles. The monoisotopic (exact) mass is 289 g/mol. The van der Waals surface area contributed by atoms with E-state index >= 15 is 0 Å². The Morgan fingerprint density at radius 3 is 2.71 bits per heavy atom. The van der Waals surface area contributed by atoms with Gasteiger partial charge in [0.15, 0.2) is 0 Å². The van der Waals surface area contributed by atoms with Gasteiger partial charge in [-0.3, -0.25) is 9.38 Å². The molecule has 3 heterocycles. The Kier molecular flexibility index (Phi) is 2.33. The van der Waals surface area contributed by atoms with E-state index in [4.69, 9.17) is 0 Å². The molecule has 0 bridgehead atoms. The van der Waals surface area contributed by atoms with Crippen LogP contribution >= 0.6 is 15.9 Å². The van der Waals surface area contributed by atoms with Crippen molar-refractivity contribution in [3.8, 4) is 17.1 Å². The van der Waals surface area contributed by atoms with E-state index in [-0.39, 0.29) is 5.75 Å². The molecule has 4 nitrogen and oxygen atoms in total. The maximum absolute atomic E-state index is 9.46. The molecule has 0 atom stereocenters. The summed E-state index contributed by atoms with van der Waals surface area (Å²) < 4.78 is 2.62. The van der Waals surface area contributed by atoms with Crippen molar-refractivity contribution in [3.63, 3.8) is 0 Å². The molecule has 3 aromatic rings. The smallest absolute Gasteiger partial charge is 0.146 e. The number of hydrogen-bond donors (Lipinski definition) is 1. The van der Waals surface area contributed by atoms with Crippen LogP contribution in [-0.4, -0.2) is 19.5 Å². The van der Waals surface area contributed by atoms with Crippen molar-refractivity contribution in [2.24, 2.45) is 0 Å². The standard InChI is InChI=1S/C12H8BrN3O/c13-11-10-7-9(17)3-6-16(10)12(15-11)8-1-4-14-5-2-8/h1-7,17H. The van der Waals surface area contributed by atoms with Gasteiger partial charge in [0.1, 0.15) is 16.2 Å². The van der Waals surface area contributed by atoms with Gasteiger partial charge in [0.05, 0.1) is 5.52 Å². The van der Waals surface area contributed by atoms with E-state index in [1.54, 1.807) is 30.7 Å². The lowest BCUT2D eigenvalue weighted by Gasteiger charge is -2.00. The molecule has 84 valence electrons. The predicted molar refractivity (Wildman–Crippen MR) is 67.8 cm³/mol. The Bertz CT molecular complexity index is 679. The zero-order valence-electron chi connectivity index (χ0n) is 8.71. The molecule has 0 amide bonds. The Labute approximate surface area is 106 Å². The molecule has 0 aliphatic carbocycles. The highest BCUT2D eigenvalue weighted by molar-refractivity contribution is 9.10. The summed E-state index contributed by atoms with van der Waals surface area (Å²) in [5.74, 6) is 1.04. The van der Waals surface area contributed by atoms with Gasteiger partial charge in [-0.1, -0.05) is 0 Å². The molecule has 5 heteroatoms. The predicted octanol–water partition coefficient (Wildman–Crippen LogP) is 2.86. The van der Waals surface area contributed by atoms with Gasteiger partial charge in [-0.25, -0.2) is 4.98 Å². The first kappa shape index (κ1) is 10.3. The fourth-order valence-corrected chi connectivity index (χ4v) is 2.21. The maximum Gasteiger partial charge on any atom is 0.146 e. The van der Waals surface area contributed by atoms with Crippen LogP contribution < -0.4 is 0 Å². The third kappa shape index (κ3) is 1.68. The topological polar surface area (TPSA) is 50.4 Å². The van der Waals surface area contributed by atoms with Crippen molar-refractivity contribution in [1.82, 2.24) is 14.4 Å². The number of halogens is 1. The molecule has 0 spiro atoms. The van der Waals surface area contributed by atoms with Gasteiger partial charge < -0.3 is 5.11 Å². The molecular formula is C12H8BrN3O.